The fraction of sp³-hybridized carbons (Fsp3) is 0.263. The van der Waals surface area contributed by atoms with Crippen molar-refractivity contribution in [2.24, 2.45) is 5.10 Å². The summed E-state index contributed by atoms with van der Waals surface area (Å²) in [5.41, 5.74) is 6.56. The molecule has 1 heterocycles. The number of hydrazone groups is 1. The standard InChI is InChI=1S/C19H21N3O2/c1-13-8-14(2)10-16(9-13)12-17(23)11-15(3)21-22-19(24)18-6-4-5-7-20-18/h4-10H,11-12H2,1-3H3,(H,22,24)/b21-15-. The van der Waals surface area contributed by atoms with Crippen LogP contribution in [0.2, 0.25) is 0 Å². The van der Waals surface area contributed by atoms with Gasteiger partial charge in [-0.05, 0) is 38.5 Å². The van der Waals surface area contributed by atoms with Gasteiger partial charge in [-0.25, -0.2) is 5.43 Å². The molecule has 1 aromatic heterocycles. The van der Waals surface area contributed by atoms with Crippen molar-refractivity contribution in [2.75, 3.05) is 0 Å². The molecule has 0 radical (unpaired) electrons. The summed E-state index contributed by atoms with van der Waals surface area (Å²) in [6.07, 6.45) is 2.11. The van der Waals surface area contributed by atoms with Crippen LogP contribution in [0.5, 0.6) is 0 Å². The number of benzene rings is 1. The number of aryl methyl sites for hydroxylation is 2. The van der Waals surface area contributed by atoms with Crippen LogP contribution in [0, 0.1) is 13.8 Å². The second-order valence-electron chi connectivity index (χ2n) is 5.89. The molecule has 0 aliphatic carbocycles. The molecule has 2 aromatic rings. The first-order chi connectivity index (χ1) is 11.4. The number of amides is 1. The van der Waals surface area contributed by atoms with Gasteiger partial charge in [0.05, 0.1) is 0 Å². The van der Waals surface area contributed by atoms with E-state index >= 15 is 0 Å². The molecule has 0 atom stereocenters. The maximum absolute atomic E-state index is 12.2. The van der Waals surface area contributed by atoms with E-state index in [-0.39, 0.29) is 17.9 Å². The lowest BCUT2D eigenvalue weighted by Gasteiger charge is -2.05. The van der Waals surface area contributed by atoms with Crippen molar-refractivity contribution in [3.63, 3.8) is 0 Å². The molecule has 1 N–H and O–H groups in total. The molecule has 0 unspecified atom stereocenters. The number of pyridine rings is 1. The second-order valence-corrected chi connectivity index (χ2v) is 5.89. The third kappa shape index (κ3) is 5.43. The molecule has 0 saturated heterocycles. The van der Waals surface area contributed by atoms with Crippen LogP contribution in [0.15, 0.2) is 47.7 Å². The number of nitrogens with zero attached hydrogens (tertiary/aromatic N) is 2. The summed E-state index contributed by atoms with van der Waals surface area (Å²) in [6.45, 7) is 5.75. The van der Waals surface area contributed by atoms with Gasteiger partial charge in [0.2, 0.25) is 0 Å². The van der Waals surface area contributed by atoms with Gasteiger partial charge in [-0.1, -0.05) is 35.4 Å². The Morgan fingerprint density at radius 2 is 1.83 bits per heavy atom. The summed E-state index contributed by atoms with van der Waals surface area (Å²) in [4.78, 5) is 27.9. The average molecular weight is 323 g/mol. The van der Waals surface area contributed by atoms with E-state index in [1.807, 2.05) is 26.0 Å². The van der Waals surface area contributed by atoms with E-state index in [2.05, 4.69) is 21.6 Å². The number of hydrogen-bond acceptors (Lipinski definition) is 4. The molecule has 1 amide bonds. The van der Waals surface area contributed by atoms with Gasteiger partial charge in [0.15, 0.2) is 0 Å². The Hall–Kier alpha value is -2.82. The first-order valence-corrected chi connectivity index (χ1v) is 7.77. The molecule has 5 nitrogen and oxygen atoms in total. The molecule has 0 aliphatic rings. The van der Waals surface area contributed by atoms with Gasteiger partial charge in [-0.15, -0.1) is 0 Å². The molecule has 0 saturated carbocycles. The quantitative estimate of drug-likeness (QED) is 0.656. The summed E-state index contributed by atoms with van der Waals surface area (Å²) in [7, 11) is 0. The summed E-state index contributed by atoms with van der Waals surface area (Å²) in [5, 5.41) is 3.97. The maximum atomic E-state index is 12.2. The lowest BCUT2D eigenvalue weighted by molar-refractivity contribution is -0.117. The van der Waals surface area contributed by atoms with Crippen LogP contribution in [0.3, 0.4) is 0 Å². The minimum absolute atomic E-state index is 0.0633. The normalized spacial score (nSPS) is 11.2. The predicted molar refractivity (Wildman–Crippen MR) is 94.1 cm³/mol. The van der Waals surface area contributed by atoms with Crippen LogP contribution in [-0.4, -0.2) is 22.4 Å². The molecule has 1 aromatic carbocycles. The first kappa shape index (κ1) is 17.5. The van der Waals surface area contributed by atoms with Crippen molar-refractivity contribution < 1.29 is 9.59 Å². The highest BCUT2D eigenvalue weighted by molar-refractivity contribution is 6.02. The summed E-state index contributed by atoms with van der Waals surface area (Å²) in [5.74, 6) is -0.329. The van der Waals surface area contributed by atoms with Gasteiger partial charge >= 0.3 is 0 Å². The molecule has 124 valence electrons. The zero-order valence-electron chi connectivity index (χ0n) is 14.2. The summed E-state index contributed by atoms with van der Waals surface area (Å²) >= 11 is 0. The molecule has 5 heteroatoms. The third-order valence-corrected chi connectivity index (χ3v) is 3.38. The molecule has 0 aliphatic heterocycles. The zero-order chi connectivity index (χ0) is 17.5. The number of ketones is 1. The minimum atomic E-state index is -0.392. The SMILES string of the molecule is C/C(CC(=O)Cc1cc(C)cc(C)c1)=N/NC(=O)c1ccccn1. The van der Waals surface area contributed by atoms with Crippen LogP contribution < -0.4 is 5.43 Å². The van der Waals surface area contributed by atoms with Gasteiger partial charge in [0.1, 0.15) is 11.5 Å². The van der Waals surface area contributed by atoms with E-state index in [0.717, 1.165) is 16.7 Å². The number of Topliss-reactive ketones (excluding diaryl/α,β-unsaturated/α-hetero) is 1. The molecular formula is C19H21N3O2. The van der Waals surface area contributed by atoms with Crippen molar-refractivity contribution in [1.82, 2.24) is 10.4 Å². The fourth-order valence-electron chi connectivity index (χ4n) is 2.49. The van der Waals surface area contributed by atoms with E-state index in [0.29, 0.717) is 12.1 Å². The van der Waals surface area contributed by atoms with Crippen LogP contribution in [0.4, 0.5) is 0 Å². The topological polar surface area (TPSA) is 71.4 Å². The molecule has 2 rings (SSSR count). The highest BCUT2D eigenvalue weighted by Gasteiger charge is 2.08. The number of carbonyl (C=O) groups is 2. The van der Waals surface area contributed by atoms with Crippen molar-refractivity contribution in [2.45, 2.75) is 33.6 Å². The molecule has 0 fully saturated rings. The Bertz CT molecular complexity index is 747. The number of rotatable bonds is 6. The second kappa shape index (κ2) is 8.15. The minimum Gasteiger partial charge on any atom is -0.299 e. The van der Waals surface area contributed by atoms with Gasteiger partial charge in [0, 0.05) is 24.8 Å². The largest absolute Gasteiger partial charge is 0.299 e. The Kier molecular flexibility index (Phi) is 5.95. The van der Waals surface area contributed by atoms with E-state index in [1.165, 1.54) is 0 Å². The lowest BCUT2D eigenvalue weighted by Crippen LogP contribution is -2.21. The number of nitrogens with one attached hydrogen (secondary N) is 1. The van der Waals surface area contributed by atoms with Crippen LogP contribution in [0.1, 0.15) is 40.5 Å². The molecule has 0 bridgehead atoms. The van der Waals surface area contributed by atoms with Crippen molar-refractivity contribution >= 4 is 17.4 Å². The van der Waals surface area contributed by atoms with Crippen molar-refractivity contribution in [3.8, 4) is 0 Å². The number of aromatic nitrogens is 1. The van der Waals surface area contributed by atoms with Gasteiger partial charge in [-0.3, -0.25) is 14.6 Å². The van der Waals surface area contributed by atoms with Crippen LogP contribution in [0.25, 0.3) is 0 Å². The van der Waals surface area contributed by atoms with E-state index in [4.69, 9.17) is 0 Å². The predicted octanol–water partition coefficient (Wildman–Crippen LogP) is 3.01. The highest BCUT2D eigenvalue weighted by atomic mass is 16.2. The van der Waals surface area contributed by atoms with Gasteiger partial charge < -0.3 is 0 Å². The van der Waals surface area contributed by atoms with E-state index in [9.17, 15) is 9.59 Å². The van der Waals surface area contributed by atoms with Gasteiger partial charge in [-0.2, -0.15) is 5.10 Å². The van der Waals surface area contributed by atoms with E-state index < -0.39 is 5.91 Å². The van der Waals surface area contributed by atoms with Crippen LogP contribution in [-0.2, 0) is 11.2 Å². The smallest absolute Gasteiger partial charge is 0.289 e. The van der Waals surface area contributed by atoms with Crippen LogP contribution >= 0.6 is 0 Å². The van der Waals surface area contributed by atoms with E-state index in [1.54, 1.807) is 31.3 Å². The summed E-state index contributed by atoms with van der Waals surface area (Å²) < 4.78 is 0. The molecular weight excluding hydrogens is 302 g/mol. The van der Waals surface area contributed by atoms with Gasteiger partial charge in [0.25, 0.3) is 5.91 Å². The zero-order valence-corrected chi connectivity index (χ0v) is 14.2. The Balaban J connectivity index is 1.90. The van der Waals surface area contributed by atoms with Crippen molar-refractivity contribution in [1.29, 1.82) is 0 Å². The Morgan fingerprint density at radius 1 is 1.12 bits per heavy atom. The average Bonchev–Trinajstić information content (AvgIpc) is 2.52. The number of hydrogen-bond donors (Lipinski definition) is 1. The fourth-order valence-corrected chi connectivity index (χ4v) is 2.49. The summed E-state index contributed by atoms with van der Waals surface area (Å²) in [6, 6.07) is 11.2. The lowest BCUT2D eigenvalue weighted by atomic mass is 10.0. The van der Waals surface area contributed by atoms with Crippen molar-refractivity contribution in [3.05, 3.63) is 65.0 Å². The first-order valence-electron chi connectivity index (χ1n) is 7.77. The molecule has 0 spiro atoms. The number of carbonyl (C=O) groups excluding carboxylic acids is 2. The maximum Gasteiger partial charge on any atom is 0.289 e. The Labute approximate surface area is 141 Å². The monoisotopic (exact) mass is 323 g/mol. The highest BCUT2D eigenvalue weighted by Crippen LogP contribution is 2.10. The molecule has 24 heavy (non-hydrogen) atoms. The third-order valence-electron chi connectivity index (χ3n) is 3.38. The Morgan fingerprint density at radius 3 is 2.46 bits per heavy atom.